The summed E-state index contributed by atoms with van der Waals surface area (Å²) in [5.41, 5.74) is 0.811. The fourth-order valence-electron chi connectivity index (χ4n) is 1.50. The molecule has 0 saturated carbocycles. The predicted octanol–water partition coefficient (Wildman–Crippen LogP) is 3.22. The summed E-state index contributed by atoms with van der Waals surface area (Å²) in [6.07, 6.45) is 0. The van der Waals surface area contributed by atoms with Crippen molar-refractivity contribution in [3.63, 3.8) is 0 Å². The first-order chi connectivity index (χ1) is 9.63. The Labute approximate surface area is 127 Å². The lowest BCUT2D eigenvalue weighted by molar-refractivity contribution is -0.115. The molecular weight excluding hydrogens is 316 g/mol. The number of hydrogen-bond acceptors (Lipinski definition) is 6. The quantitative estimate of drug-likeness (QED) is 0.862. The predicted molar refractivity (Wildman–Crippen MR) is 82.3 cm³/mol. The maximum absolute atomic E-state index is 11.3. The van der Waals surface area contributed by atoms with Gasteiger partial charge < -0.3 is 5.32 Å². The fourth-order valence-corrected chi connectivity index (χ4v) is 3.25. The maximum atomic E-state index is 11.3. The molecule has 0 radical (unpaired) electrons. The Morgan fingerprint density at radius 3 is 2.80 bits per heavy atom. The van der Waals surface area contributed by atoms with Crippen LogP contribution in [0.5, 0.6) is 0 Å². The van der Waals surface area contributed by atoms with Crippen LogP contribution in [0.2, 0.25) is 5.02 Å². The monoisotopic (exact) mass is 322 g/mol. The SMILES string of the molecule is C=C1S/C(=N\c2nnc(-c3ccccc3Cl)s2)NC1=O. The van der Waals surface area contributed by atoms with Crippen LogP contribution in [0, 0.1) is 0 Å². The molecule has 1 aliphatic rings. The van der Waals surface area contributed by atoms with Gasteiger partial charge in [-0.1, -0.05) is 47.7 Å². The third-order valence-electron chi connectivity index (χ3n) is 2.41. The molecule has 3 rings (SSSR count). The zero-order valence-electron chi connectivity index (χ0n) is 9.96. The van der Waals surface area contributed by atoms with E-state index in [0.717, 1.165) is 5.56 Å². The van der Waals surface area contributed by atoms with E-state index in [0.29, 0.717) is 25.2 Å². The third kappa shape index (κ3) is 2.60. The summed E-state index contributed by atoms with van der Waals surface area (Å²) in [5.74, 6) is -0.232. The first-order valence-corrected chi connectivity index (χ1v) is 7.50. The van der Waals surface area contributed by atoms with Crippen LogP contribution in [0.4, 0.5) is 5.13 Å². The first kappa shape index (κ1) is 13.3. The van der Waals surface area contributed by atoms with Crippen LogP contribution in [0.3, 0.4) is 0 Å². The Morgan fingerprint density at radius 1 is 1.30 bits per heavy atom. The van der Waals surface area contributed by atoms with Gasteiger partial charge in [-0.25, -0.2) is 0 Å². The van der Waals surface area contributed by atoms with Crippen molar-refractivity contribution in [2.75, 3.05) is 0 Å². The number of carbonyl (C=O) groups excluding carboxylic acids is 1. The second-order valence-corrected chi connectivity index (χ2v) is 6.21. The summed E-state index contributed by atoms with van der Waals surface area (Å²) in [6.45, 7) is 3.61. The second-order valence-electron chi connectivity index (χ2n) is 3.77. The summed E-state index contributed by atoms with van der Waals surface area (Å²) >= 11 is 8.59. The molecule has 2 heterocycles. The fraction of sp³-hybridized carbons (Fsp3) is 0. The third-order valence-corrected chi connectivity index (χ3v) is 4.41. The van der Waals surface area contributed by atoms with Crippen molar-refractivity contribution in [3.05, 3.63) is 40.8 Å². The Hall–Kier alpha value is -1.70. The molecule has 1 amide bonds. The van der Waals surface area contributed by atoms with Gasteiger partial charge in [0.1, 0.15) is 0 Å². The molecule has 1 saturated heterocycles. The highest BCUT2D eigenvalue weighted by Gasteiger charge is 2.22. The highest BCUT2D eigenvalue weighted by atomic mass is 35.5. The summed E-state index contributed by atoms with van der Waals surface area (Å²) in [5, 5.41) is 12.8. The Morgan fingerprint density at radius 2 is 2.10 bits per heavy atom. The van der Waals surface area contributed by atoms with E-state index in [9.17, 15) is 4.79 Å². The largest absolute Gasteiger partial charge is 0.300 e. The van der Waals surface area contributed by atoms with Crippen molar-refractivity contribution in [1.29, 1.82) is 0 Å². The van der Waals surface area contributed by atoms with Crippen molar-refractivity contribution < 1.29 is 4.79 Å². The van der Waals surface area contributed by atoms with E-state index in [1.807, 2.05) is 18.2 Å². The lowest BCUT2D eigenvalue weighted by Gasteiger charge is -1.96. The molecule has 8 heteroatoms. The summed E-state index contributed by atoms with van der Waals surface area (Å²) in [7, 11) is 0. The lowest BCUT2D eigenvalue weighted by atomic mass is 10.2. The van der Waals surface area contributed by atoms with Crippen LogP contribution < -0.4 is 5.32 Å². The molecule has 1 aromatic heterocycles. The van der Waals surface area contributed by atoms with Gasteiger partial charge in [0.2, 0.25) is 5.13 Å². The van der Waals surface area contributed by atoms with Crippen LogP contribution in [0.1, 0.15) is 0 Å². The number of aliphatic imine (C=N–C) groups is 1. The summed E-state index contributed by atoms with van der Waals surface area (Å²) in [4.78, 5) is 15.9. The molecule has 0 aliphatic carbocycles. The summed E-state index contributed by atoms with van der Waals surface area (Å²) in [6, 6.07) is 7.39. The second kappa shape index (κ2) is 5.35. The number of hydrogen-bond donors (Lipinski definition) is 1. The van der Waals surface area contributed by atoms with Gasteiger partial charge in [-0.05, 0) is 17.8 Å². The van der Waals surface area contributed by atoms with E-state index >= 15 is 0 Å². The molecule has 0 atom stereocenters. The zero-order chi connectivity index (χ0) is 14.1. The minimum absolute atomic E-state index is 0.232. The Kier molecular flexibility index (Phi) is 3.56. The van der Waals surface area contributed by atoms with Crippen LogP contribution >= 0.6 is 34.7 Å². The van der Waals surface area contributed by atoms with Crippen LogP contribution in [-0.2, 0) is 4.79 Å². The molecule has 0 unspecified atom stereocenters. The van der Waals surface area contributed by atoms with Gasteiger partial charge in [-0.2, -0.15) is 4.99 Å². The number of amidine groups is 1. The molecule has 100 valence electrons. The smallest absolute Gasteiger partial charge is 0.263 e. The van der Waals surface area contributed by atoms with Crippen molar-refractivity contribution in [2.24, 2.45) is 4.99 Å². The average Bonchev–Trinajstić information content (AvgIpc) is 2.98. The van der Waals surface area contributed by atoms with Gasteiger partial charge in [-0.3, -0.25) is 4.79 Å². The topological polar surface area (TPSA) is 67.2 Å². The Bertz CT molecular complexity index is 723. The van der Waals surface area contributed by atoms with Crippen LogP contribution in [-0.4, -0.2) is 21.3 Å². The maximum Gasteiger partial charge on any atom is 0.263 e. The first-order valence-electron chi connectivity index (χ1n) is 5.48. The molecule has 2 aromatic rings. The number of carbonyl (C=O) groups is 1. The van der Waals surface area contributed by atoms with Gasteiger partial charge in [0.05, 0.1) is 9.93 Å². The molecule has 0 bridgehead atoms. The molecule has 0 spiro atoms. The molecule has 1 aliphatic heterocycles. The summed E-state index contributed by atoms with van der Waals surface area (Å²) < 4.78 is 0. The van der Waals surface area contributed by atoms with Gasteiger partial charge in [0, 0.05) is 5.56 Å². The lowest BCUT2D eigenvalue weighted by Crippen LogP contribution is -2.19. The number of aromatic nitrogens is 2. The molecule has 20 heavy (non-hydrogen) atoms. The van der Waals surface area contributed by atoms with Crippen molar-refractivity contribution in [3.8, 4) is 10.6 Å². The van der Waals surface area contributed by atoms with Gasteiger partial charge >= 0.3 is 0 Å². The minimum Gasteiger partial charge on any atom is -0.300 e. The van der Waals surface area contributed by atoms with Gasteiger partial charge in [0.15, 0.2) is 10.2 Å². The van der Waals surface area contributed by atoms with Gasteiger partial charge in [0.25, 0.3) is 5.91 Å². The van der Waals surface area contributed by atoms with Crippen LogP contribution in [0.15, 0.2) is 40.7 Å². The number of thioether (sulfide) groups is 1. The number of rotatable bonds is 2. The average molecular weight is 323 g/mol. The van der Waals surface area contributed by atoms with Crippen LogP contribution in [0.25, 0.3) is 10.6 Å². The van der Waals surface area contributed by atoms with E-state index in [2.05, 4.69) is 27.1 Å². The highest BCUT2D eigenvalue weighted by molar-refractivity contribution is 8.18. The van der Waals surface area contributed by atoms with Crippen molar-refractivity contribution >= 4 is 50.9 Å². The molecule has 1 fully saturated rings. The highest BCUT2D eigenvalue weighted by Crippen LogP contribution is 2.33. The zero-order valence-corrected chi connectivity index (χ0v) is 12.3. The minimum atomic E-state index is -0.232. The van der Waals surface area contributed by atoms with E-state index in [4.69, 9.17) is 11.6 Å². The van der Waals surface area contributed by atoms with E-state index in [-0.39, 0.29) is 5.91 Å². The van der Waals surface area contributed by atoms with Crippen molar-refractivity contribution in [1.82, 2.24) is 15.5 Å². The molecular formula is C12H7ClN4OS2. The molecule has 1 aromatic carbocycles. The van der Waals surface area contributed by atoms with Crippen molar-refractivity contribution in [2.45, 2.75) is 0 Å². The van der Waals surface area contributed by atoms with Gasteiger partial charge in [-0.15, -0.1) is 10.2 Å². The van der Waals surface area contributed by atoms with E-state index < -0.39 is 0 Å². The molecule has 5 nitrogen and oxygen atoms in total. The number of nitrogens with zero attached hydrogens (tertiary/aromatic N) is 3. The Balaban J connectivity index is 1.88. The van der Waals surface area contributed by atoms with E-state index in [1.54, 1.807) is 6.07 Å². The number of nitrogens with one attached hydrogen (secondary N) is 1. The number of benzene rings is 1. The standard InChI is InChI=1S/C12H7ClN4OS2/c1-6-9(18)14-11(19-6)15-12-17-16-10(20-12)7-4-2-3-5-8(7)13/h2-5H,1H2,(H,14,15,17,18). The van der Waals surface area contributed by atoms with E-state index in [1.165, 1.54) is 23.1 Å². The number of amides is 1. The molecule has 1 N–H and O–H groups in total. The number of halogens is 1. The normalized spacial score (nSPS) is 16.8.